The third kappa shape index (κ3) is 2.23. The van der Waals surface area contributed by atoms with Gasteiger partial charge in [-0.05, 0) is 19.4 Å². The number of pyridine rings is 1. The first-order chi connectivity index (χ1) is 9.43. The van der Waals surface area contributed by atoms with Gasteiger partial charge in [-0.3, -0.25) is 15.1 Å². The highest BCUT2D eigenvalue weighted by molar-refractivity contribution is 6.00. The number of rotatable bonds is 3. The lowest BCUT2D eigenvalue weighted by Crippen LogP contribution is -2.09. The summed E-state index contributed by atoms with van der Waals surface area (Å²) in [5.41, 5.74) is 0.668. The quantitative estimate of drug-likeness (QED) is 0.684. The molecule has 20 heavy (non-hydrogen) atoms. The Balaban J connectivity index is 2.94. The lowest BCUT2D eigenvalue weighted by atomic mass is 9.96. The summed E-state index contributed by atoms with van der Waals surface area (Å²) in [5.74, 6) is -1.23. The van der Waals surface area contributed by atoms with Gasteiger partial charge in [0.15, 0.2) is 0 Å². The highest BCUT2D eigenvalue weighted by Gasteiger charge is 2.28. The van der Waals surface area contributed by atoms with Gasteiger partial charge >= 0.3 is 5.97 Å². The molecule has 0 aliphatic heterocycles. The van der Waals surface area contributed by atoms with E-state index in [2.05, 4.69) is 4.98 Å². The van der Waals surface area contributed by atoms with Crippen molar-refractivity contribution in [3.8, 4) is 11.1 Å². The van der Waals surface area contributed by atoms with Crippen LogP contribution >= 0.6 is 0 Å². The maximum Gasteiger partial charge on any atom is 0.338 e. The van der Waals surface area contributed by atoms with Gasteiger partial charge in [0.05, 0.1) is 21.7 Å². The second-order valence-corrected chi connectivity index (χ2v) is 4.31. The van der Waals surface area contributed by atoms with Crippen molar-refractivity contribution in [3.63, 3.8) is 0 Å². The predicted molar refractivity (Wildman–Crippen MR) is 72.8 cm³/mol. The molecule has 6 heteroatoms. The molecular weight excluding hydrogens is 260 g/mol. The second-order valence-electron chi connectivity index (χ2n) is 4.31. The molecule has 0 unspecified atom stereocenters. The van der Waals surface area contributed by atoms with Crippen LogP contribution in [0.4, 0.5) is 5.69 Å². The van der Waals surface area contributed by atoms with Crippen molar-refractivity contribution < 1.29 is 14.8 Å². The van der Waals surface area contributed by atoms with Crippen LogP contribution in [0, 0.1) is 24.0 Å². The van der Waals surface area contributed by atoms with Crippen molar-refractivity contribution in [1.82, 2.24) is 4.98 Å². The van der Waals surface area contributed by atoms with Gasteiger partial charge in [0.1, 0.15) is 5.69 Å². The minimum atomic E-state index is -1.23. The summed E-state index contributed by atoms with van der Waals surface area (Å²) < 4.78 is 0. The van der Waals surface area contributed by atoms with Crippen molar-refractivity contribution in [2.45, 2.75) is 13.8 Å². The van der Waals surface area contributed by atoms with E-state index in [1.807, 2.05) is 0 Å². The van der Waals surface area contributed by atoms with Crippen molar-refractivity contribution in [3.05, 3.63) is 57.4 Å². The number of hydrogen-bond donors (Lipinski definition) is 1. The third-order valence-corrected chi connectivity index (χ3v) is 2.99. The van der Waals surface area contributed by atoms with Crippen LogP contribution in [-0.4, -0.2) is 21.0 Å². The molecule has 1 aromatic heterocycles. The first kappa shape index (κ1) is 13.7. The van der Waals surface area contributed by atoms with E-state index < -0.39 is 10.9 Å². The summed E-state index contributed by atoms with van der Waals surface area (Å²) in [6, 6.07) is 8.46. The van der Waals surface area contributed by atoms with Crippen LogP contribution in [0.5, 0.6) is 0 Å². The predicted octanol–water partition coefficient (Wildman–Crippen LogP) is 2.97. The number of nitro groups is 1. The molecule has 6 nitrogen and oxygen atoms in total. The molecule has 1 heterocycles. The van der Waals surface area contributed by atoms with E-state index in [0.717, 1.165) is 0 Å². The average molecular weight is 272 g/mol. The van der Waals surface area contributed by atoms with Gasteiger partial charge in [-0.15, -0.1) is 0 Å². The Hall–Kier alpha value is -2.76. The summed E-state index contributed by atoms with van der Waals surface area (Å²) in [4.78, 5) is 26.1. The number of benzene rings is 1. The zero-order valence-corrected chi connectivity index (χ0v) is 11.0. The highest BCUT2D eigenvalue weighted by Crippen LogP contribution is 2.36. The number of nitrogens with zero attached hydrogens (tertiary/aromatic N) is 2. The molecular formula is C14H12N2O4. The van der Waals surface area contributed by atoms with Gasteiger partial charge in [0.2, 0.25) is 0 Å². The number of carbonyl (C=O) groups is 1. The first-order valence-corrected chi connectivity index (χ1v) is 5.87. The zero-order valence-electron chi connectivity index (χ0n) is 11.0. The smallest absolute Gasteiger partial charge is 0.338 e. The van der Waals surface area contributed by atoms with Crippen molar-refractivity contribution >= 4 is 11.7 Å². The van der Waals surface area contributed by atoms with Crippen LogP contribution < -0.4 is 0 Å². The van der Waals surface area contributed by atoms with Gasteiger partial charge in [0, 0.05) is 0 Å². The SMILES string of the molecule is Cc1nc(C)c([N+](=O)[O-])c(-c2ccccc2)c1C(=O)O. The number of hydrogen-bond acceptors (Lipinski definition) is 4. The Morgan fingerprint density at radius 1 is 1.20 bits per heavy atom. The summed E-state index contributed by atoms with van der Waals surface area (Å²) in [5, 5.41) is 20.6. The molecule has 0 fully saturated rings. The number of aromatic nitrogens is 1. The Morgan fingerprint density at radius 3 is 2.30 bits per heavy atom. The van der Waals surface area contributed by atoms with Gasteiger partial charge in [-0.1, -0.05) is 30.3 Å². The maximum atomic E-state index is 11.4. The van der Waals surface area contributed by atoms with E-state index in [4.69, 9.17) is 0 Å². The Morgan fingerprint density at radius 2 is 1.80 bits per heavy atom. The fourth-order valence-corrected chi connectivity index (χ4v) is 2.21. The number of carboxylic acid groups (broad SMARTS) is 1. The molecule has 0 aliphatic rings. The van der Waals surface area contributed by atoms with Gasteiger partial charge in [0.25, 0.3) is 5.69 Å². The Kier molecular flexibility index (Phi) is 3.47. The molecule has 0 saturated carbocycles. The van der Waals surface area contributed by atoms with Crippen LogP contribution in [0.2, 0.25) is 0 Å². The normalized spacial score (nSPS) is 10.3. The van der Waals surface area contributed by atoms with Crippen LogP contribution in [0.1, 0.15) is 21.7 Å². The van der Waals surface area contributed by atoms with Crippen LogP contribution in [0.15, 0.2) is 30.3 Å². The standard InChI is InChI=1S/C14H12N2O4/c1-8-11(14(17)18)12(10-6-4-3-5-7-10)13(16(19)20)9(2)15-8/h3-7H,1-2H3,(H,17,18). The van der Waals surface area contributed by atoms with E-state index in [-0.39, 0.29) is 28.2 Å². The molecule has 102 valence electrons. The molecule has 2 rings (SSSR count). The third-order valence-electron chi connectivity index (χ3n) is 2.99. The average Bonchev–Trinajstić information content (AvgIpc) is 2.37. The van der Waals surface area contributed by atoms with E-state index in [9.17, 15) is 20.0 Å². The number of aromatic carboxylic acids is 1. The van der Waals surface area contributed by atoms with E-state index in [1.165, 1.54) is 13.8 Å². The number of carboxylic acids is 1. The van der Waals surface area contributed by atoms with Crippen LogP contribution in [0.25, 0.3) is 11.1 Å². The lowest BCUT2D eigenvalue weighted by molar-refractivity contribution is -0.385. The minimum absolute atomic E-state index is 0.105. The fraction of sp³-hybridized carbons (Fsp3) is 0.143. The van der Waals surface area contributed by atoms with Crippen LogP contribution in [-0.2, 0) is 0 Å². The largest absolute Gasteiger partial charge is 0.478 e. The monoisotopic (exact) mass is 272 g/mol. The minimum Gasteiger partial charge on any atom is -0.478 e. The topological polar surface area (TPSA) is 93.3 Å². The molecule has 0 aliphatic carbocycles. The van der Waals surface area contributed by atoms with Crippen molar-refractivity contribution in [2.24, 2.45) is 0 Å². The molecule has 1 N–H and O–H groups in total. The second kappa shape index (κ2) is 5.08. The molecule has 0 amide bonds. The van der Waals surface area contributed by atoms with Gasteiger partial charge in [-0.2, -0.15) is 0 Å². The van der Waals surface area contributed by atoms with E-state index >= 15 is 0 Å². The fourth-order valence-electron chi connectivity index (χ4n) is 2.21. The molecule has 0 spiro atoms. The van der Waals surface area contributed by atoms with E-state index in [1.54, 1.807) is 30.3 Å². The zero-order chi connectivity index (χ0) is 14.9. The molecule has 0 radical (unpaired) electrons. The Labute approximate surface area is 114 Å². The van der Waals surface area contributed by atoms with Gasteiger partial charge < -0.3 is 5.11 Å². The molecule has 1 aromatic carbocycles. The summed E-state index contributed by atoms with van der Waals surface area (Å²) in [6.45, 7) is 3.04. The molecule has 0 bridgehead atoms. The lowest BCUT2D eigenvalue weighted by Gasteiger charge is -2.11. The maximum absolute atomic E-state index is 11.4. The van der Waals surface area contributed by atoms with Crippen molar-refractivity contribution in [2.75, 3.05) is 0 Å². The molecule has 0 atom stereocenters. The van der Waals surface area contributed by atoms with E-state index in [0.29, 0.717) is 5.56 Å². The first-order valence-electron chi connectivity index (χ1n) is 5.87. The van der Waals surface area contributed by atoms with Gasteiger partial charge in [-0.25, -0.2) is 4.79 Å². The Bertz CT molecular complexity index is 658. The van der Waals surface area contributed by atoms with Crippen LogP contribution in [0.3, 0.4) is 0 Å². The highest BCUT2D eigenvalue weighted by atomic mass is 16.6. The summed E-state index contributed by atoms with van der Waals surface area (Å²) >= 11 is 0. The number of aryl methyl sites for hydroxylation is 2. The van der Waals surface area contributed by atoms with Crippen molar-refractivity contribution in [1.29, 1.82) is 0 Å². The molecule has 0 saturated heterocycles. The summed E-state index contributed by atoms with van der Waals surface area (Å²) in [7, 11) is 0. The summed E-state index contributed by atoms with van der Waals surface area (Å²) in [6.07, 6.45) is 0. The molecule has 2 aromatic rings.